The lowest BCUT2D eigenvalue weighted by Crippen LogP contribution is -2.46. The molecule has 14 heavy (non-hydrogen) atoms. The van der Waals surface area contributed by atoms with Crippen LogP contribution < -0.4 is 5.32 Å². The molecule has 0 saturated carbocycles. The van der Waals surface area contributed by atoms with E-state index in [1.165, 1.54) is 0 Å². The summed E-state index contributed by atoms with van der Waals surface area (Å²) in [5, 5.41) is 3.23. The third-order valence-corrected chi connectivity index (χ3v) is 3.16. The van der Waals surface area contributed by atoms with Gasteiger partial charge in [-0.15, -0.1) is 0 Å². The van der Waals surface area contributed by atoms with E-state index in [1.54, 1.807) is 0 Å². The number of rotatable bonds is 2. The van der Waals surface area contributed by atoms with Gasteiger partial charge in [-0.1, -0.05) is 0 Å². The highest BCUT2D eigenvalue weighted by Gasteiger charge is 2.30. The first-order chi connectivity index (χ1) is 6.79. The Morgan fingerprint density at radius 3 is 2.93 bits per heavy atom. The predicted molar refractivity (Wildman–Crippen MR) is 53.0 cm³/mol. The minimum absolute atomic E-state index is 0.0561. The van der Waals surface area contributed by atoms with Crippen molar-refractivity contribution in [2.75, 3.05) is 26.8 Å². The maximum absolute atomic E-state index is 11.9. The van der Waals surface area contributed by atoms with Crippen molar-refractivity contribution >= 4 is 5.91 Å². The molecule has 1 amide bonds. The molecule has 2 fully saturated rings. The van der Waals surface area contributed by atoms with Crippen molar-refractivity contribution in [3.63, 3.8) is 0 Å². The second-order valence-corrected chi connectivity index (χ2v) is 4.12. The standard InChI is InChI=1S/C10H18N2O2/c1-12(8-4-6-14-7-8)10(13)9-3-2-5-11-9/h8-9,11H,2-7H2,1H3/t8?,9-/m1/s1. The van der Waals surface area contributed by atoms with Crippen LogP contribution in [0.25, 0.3) is 0 Å². The fourth-order valence-electron chi connectivity index (χ4n) is 2.15. The predicted octanol–water partition coefficient (Wildman–Crippen LogP) is -0.0143. The van der Waals surface area contributed by atoms with Crippen LogP contribution >= 0.6 is 0 Å². The summed E-state index contributed by atoms with van der Waals surface area (Å²) in [6.07, 6.45) is 3.08. The van der Waals surface area contributed by atoms with Crippen molar-refractivity contribution in [1.29, 1.82) is 0 Å². The van der Waals surface area contributed by atoms with Crippen molar-refractivity contribution in [3.05, 3.63) is 0 Å². The van der Waals surface area contributed by atoms with Crippen molar-refractivity contribution in [2.24, 2.45) is 0 Å². The summed E-state index contributed by atoms with van der Waals surface area (Å²) in [5.74, 6) is 0.234. The molecule has 1 N–H and O–H groups in total. The maximum atomic E-state index is 11.9. The Balaban J connectivity index is 1.89. The molecule has 0 aromatic carbocycles. The van der Waals surface area contributed by atoms with Crippen LogP contribution in [-0.2, 0) is 9.53 Å². The number of amides is 1. The molecule has 2 aliphatic heterocycles. The quantitative estimate of drug-likeness (QED) is 0.678. The van der Waals surface area contributed by atoms with Crippen molar-refractivity contribution < 1.29 is 9.53 Å². The van der Waals surface area contributed by atoms with E-state index in [-0.39, 0.29) is 11.9 Å². The molecule has 2 aliphatic rings. The van der Waals surface area contributed by atoms with E-state index in [2.05, 4.69) is 5.32 Å². The van der Waals surface area contributed by atoms with Crippen LogP contribution in [0.5, 0.6) is 0 Å². The van der Waals surface area contributed by atoms with Gasteiger partial charge in [-0.25, -0.2) is 0 Å². The highest BCUT2D eigenvalue weighted by Crippen LogP contribution is 2.14. The molecule has 2 saturated heterocycles. The Labute approximate surface area is 84.6 Å². The maximum Gasteiger partial charge on any atom is 0.239 e. The molecule has 80 valence electrons. The summed E-state index contributed by atoms with van der Waals surface area (Å²) < 4.78 is 5.28. The van der Waals surface area contributed by atoms with Crippen LogP contribution in [0.1, 0.15) is 19.3 Å². The van der Waals surface area contributed by atoms with E-state index in [9.17, 15) is 4.79 Å². The zero-order chi connectivity index (χ0) is 9.97. The van der Waals surface area contributed by atoms with Crippen LogP contribution in [0.2, 0.25) is 0 Å². The highest BCUT2D eigenvalue weighted by molar-refractivity contribution is 5.82. The number of hydrogen-bond donors (Lipinski definition) is 1. The lowest BCUT2D eigenvalue weighted by Gasteiger charge is -2.26. The van der Waals surface area contributed by atoms with Crippen molar-refractivity contribution in [2.45, 2.75) is 31.3 Å². The SMILES string of the molecule is CN(C(=O)[C@H]1CCCN1)C1CCOC1. The Hall–Kier alpha value is -0.610. The normalized spacial score (nSPS) is 32.1. The monoisotopic (exact) mass is 198 g/mol. The van der Waals surface area contributed by atoms with Crippen LogP contribution in [-0.4, -0.2) is 49.7 Å². The van der Waals surface area contributed by atoms with Crippen LogP contribution in [0.4, 0.5) is 0 Å². The summed E-state index contributed by atoms with van der Waals surface area (Å²) in [6.45, 7) is 2.47. The molecule has 0 aromatic rings. The number of carbonyl (C=O) groups excluding carboxylic acids is 1. The molecule has 0 aliphatic carbocycles. The Morgan fingerprint density at radius 2 is 2.36 bits per heavy atom. The summed E-state index contributed by atoms with van der Waals surface area (Å²) in [4.78, 5) is 13.8. The average molecular weight is 198 g/mol. The van der Waals surface area contributed by atoms with Gasteiger partial charge in [-0.2, -0.15) is 0 Å². The van der Waals surface area contributed by atoms with Crippen LogP contribution in [0.15, 0.2) is 0 Å². The van der Waals surface area contributed by atoms with Gasteiger partial charge in [0, 0.05) is 13.7 Å². The van der Waals surface area contributed by atoms with Crippen LogP contribution in [0, 0.1) is 0 Å². The van der Waals surface area contributed by atoms with Crippen molar-refractivity contribution in [1.82, 2.24) is 10.2 Å². The number of nitrogens with zero attached hydrogens (tertiary/aromatic N) is 1. The van der Waals surface area contributed by atoms with E-state index < -0.39 is 0 Å². The Kier molecular flexibility index (Phi) is 3.03. The van der Waals surface area contributed by atoms with E-state index in [4.69, 9.17) is 4.74 Å². The topological polar surface area (TPSA) is 41.6 Å². The van der Waals surface area contributed by atoms with E-state index in [1.807, 2.05) is 11.9 Å². The minimum atomic E-state index is 0.0561. The largest absolute Gasteiger partial charge is 0.379 e. The third kappa shape index (κ3) is 1.91. The fourth-order valence-corrected chi connectivity index (χ4v) is 2.15. The van der Waals surface area contributed by atoms with Gasteiger partial charge >= 0.3 is 0 Å². The number of carbonyl (C=O) groups is 1. The van der Waals surface area contributed by atoms with E-state index in [0.717, 1.165) is 32.4 Å². The number of ether oxygens (including phenoxy) is 1. The first-order valence-corrected chi connectivity index (χ1v) is 5.37. The van der Waals surface area contributed by atoms with Gasteiger partial charge in [0.15, 0.2) is 0 Å². The fraction of sp³-hybridized carbons (Fsp3) is 0.900. The van der Waals surface area contributed by atoms with Gasteiger partial charge < -0.3 is 15.0 Å². The van der Waals surface area contributed by atoms with Crippen molar-refractivity contribution in [3.8, 4) is 0 Å². The molecule has 2 atom stereocenters. The molecule has 2 rings (SSSR count). The molecule has 1 unspecified atom stereocenters. The van der Waals surface area contributed by atoms with Gasteiger partial charge in [0.1, 0.15) is 0 Å². The van der Waals surface area contributed by atoms with Gasteiger partial charge in [-0.3, -0.25) is 4.79 Å². The molecule has 0 aromatic heterocycles. The zero-order valence-electron chi connectivity index (χ0n) is 8.66. The molecule has 0 bridgehead atoms. The second-order valence-electron chi connectivity index (χ2n) is 4.12. The summed E-state index contributed by atoms with van der Waals surface area (Å²) in [5.41, 5.74) is 0. The lowest BCUT2D eigenvalue weighted by molar-refractivity contribution is -0.133. The van der Waals surface area contributed by atoms with Crippen LogP contribution in [0.3, 0.4) is 0 Å². The number of nitrogens with one attached hydrogen (secondary N) is 1. The Bertz CT molecular complexity index is 208. The summed E-state index contributed by atoms with van der Waals surface area (Å²) in [6, 6.07) is 0.352. The van der Waals surface area contributed by atoms with Gasteiger partial charge in [0.25, 0.3) is 0 Å². The first kappa shape index (κ1) is 9.93. The number of likely N-dealkylation sites (N-methyl/N-ethyl adjacent to an activating group) is 1. The summed E-state index contributed by atoms with van der Waals surface area (Å²) >= 11 is 0. The molecule has 2 heterocycles. The van der Waals surface area contributed by atoms with E-state index in [0.29, 0.717) is 12.6 Å². The second kappa shape index (κ2) is 4.28. The Morgan fingerprint density at radius 1 is 1.50 bits per heavy atom. The highest BCUT2D eigenvalue weighted by atomic mass is 16.5. The van der Waals surface area contributed by atoms with Gasteiger partial charge in [0.05, 0.1) is 18.7 Å². The third-order valence-electron chi connectivity index (χ3n) is 3.16. The number of hydrogen-bond acceptors (Lipinski definition) is 3. The molecular weight excluding hydrogens is 180 g/mol. The molecular formula is C10H18N2O2. The molecule has 4 heteroatoms. The lowest BCUT2D eigenvalue weighted by atomic mass is 10.1. The van der Waals surface area contributed by atoms with Gasteiger partial charge in [0.2, 0.25) is 5.91 Å². The van der Waals surface area contributed by atoms with E-state index >= 15 is 0 Å². The minimum Gasteiger partial charge on any atom is -0.379 e. The molecule has 0 spiro atoms. The summed E-state index contributed by atoms with van der Waals surface area (Å²) in [7, 11) is 1.89. The van der Waals surface area contributed by atoms with Gasteiger partial charge in [-0.05, 0) is 25.8 Å². The zero-order valence-corrected chi connectivity index (χ0v) is 8.66. The average Bonchev–Trinajstić information content (AvgIpc) is 2.87. The molecule has 0 radical (unpaired) electrons. The molecule has 4 nitrogen and oxygen atoms in total. The first-order valence-electron chi connectivity index (χ1n) is 5.37. The smallest absolute Gasteiger partial charge is 0.239 e.